The van der Waals surface area contributed by atoms with E-state index >= 15 is 0 Å². The van der Waals surface area contributed by atoms with Gasteiger partial charge in [-0.1, -0.05) is 27.2 Å². The first-order valence-electron chi connectivity index (χ1n) is 7.96. The first kappa shape index (κ1) is 14.3. The Bertz CT molecular complexity index is 258. The summed E-state index contributed by atoms with van der Waals surface area (Å²) in [6.45, 7) is 11.1. The van der Waals surface area contributed by atoms with E-state index in [1.807, 2.05) is 0 Å². The van der Waals surface area contributed by atoms with E-state index < -0.39 is 0 Å². The minimum atomic E-state index is 0.481. The Kier molecular flexibility index (Phi) is 4.71. The van der Waals surface area contributed by atoms with Crippen LogP contribution < -0.4 is 5.32 Å². The molecule has 0 heterocycles. The highest BCUT2D eigenvalue weighted by atomic mass is 15.1. The van der Waals surface area contributed by atoms with E-state index in [-0.39, 0.29) is 0 Å². The maximum Gasteiger partial charge on any atom is 0.0156 e. The zero-order chi connectivity index (χ0) is 13.2. The average Bonchev–Trinajstić information content (AvgIpc) is 2.56. The number of hydrogen-bond donors (Lipinski definition) is 1. The van der Waals surface area contributed by atoms with Gasteiger partial charge in [0.05, 0.1) is 0 Å². The minimum Gasteiger partial charge on any atom is -0.316 e. The van der Waals surface area contributed by atoms with E-state index in [1.54, 1.807) is 0 Å². The van der Waals surface area contributed by atoms with Crippen molar-refractivity contribution in [3.63, 3.8) is 0 Å². The molecule has 2 atom stereocenters. The summed E-state index contributed by atoms with van der Waals surface area (Å²) in [6.07, 6.45) is 7.20. The topological polar surface area (TPSA) is 15.3 Å². The summed E-state index contributed by atoms with van der Waals surface area (Å²) < 4.78 is 0. The molecule has 106 valence electrons. The lowest BCUT2D eigenvalue weighted by Gasteiger charge is -2.36. The van der Waals surface area contributed by atoms with Crippen LogP contribution in [0.15, 0.2) is 0 Å². The quantitative estimate of drug-likeness (QED) is 0.781. The highest BCUT2D eigenvalue weighted by Crippen LogP contribution is 2.41. The van der Waals surface area contributed by atoms with E-state index in [2.05, 4.69) is 38.0 Å². The number of nitrogens with one attached hydrogen (secondary N) is 1. The molecule has 2 aliphatic rings. The van der Waals surface area contributed by atoms with Crippen LogP contribution in [0.4, 0.5) is 0 Å². The smallest absolute Gasteiger partial charge is 0.0156 e. The number of rotatable bonds is 6. The van der Waals surface area contributed by atoms with Gasteiger partial charge in [-0.25, -0.2) is 0 Å². The van der Waals surface area contributed by atoms with Crippen molar-refractivity contribution in [2.45, 2.75) is 58.9 Å². The van der Waals surface area contributed by atoms with Gasteiger partial charge in [-0.05, 0) is 56.5 Å². The maximum atomic E-state index is 3.59. The van der Waals surface area contributed by atoms with Crippen LogP contribution in [0.5, 0.6) is 0 Å². The highest BCUT2D eigenvalue weighted by molar-refractivity contribution is 4.96. The molecule has 2 nitrogen and oxygen atoms in total. The summed E-state index contributed by atoms with van der Waals surface area (Å²) in [7, 11) is 2.15. The molecular weight excluding hydrogens is 220 g/mol. The van der Waals surface area contributed by atoms with Crippen molar-refractivity contribution in [1.82, 2.24) is 10.2 Å². The van der Waals surface area contributed by atoms with Crippen molar-refractivity contribution in [3.05, 3.63) is 0 Å². The zero-order valence-electron chi connectivity index (χ0n) is 12.8. The fraction of sp³-hybridized carbons (Fsp3) is 1.00. The molecule has 2 aliphatic carbocycles. The Balaban J connectivity index is 1.86. The Labute approximate surface area is 114 Å². The van der Waals surface area contributed by atoms with Crippen LogP contribution in [-0.2, 0) is 0 Å². The van der Waals surface area contributed by atoms with Gasteiger partial charge >= 0.3 is 0 Å². The first-order valence-corrected chi connectivity index (χ1v) is 7.96. The van der Waals surface area contributed by atoms with Crippen molar-refractivity contribution in [1.29, 1.82) is 0 Å². The molecule has 2 unspecified atom stereocenters. The standard InChI is InChI=1S/C16H32N2/c1-5-18(11-13-7-6-8-13)12-14-9-10-16(2,3)15(14)17-4/h13-15,17H,5-12H2,1-4H3. The third-order valence-electron chi connectivity index (χ3n) is 5.46. The van der Waals surface area contributed by atoms with Crippen molar-refractivity contribution >= 4 is 0 Å². The molecule has 18 heavy (non-hydrogen) atoms. The lowest BCUT2D eigenvalue weighted by atomic mass is 9.83. The van der Waals surface area contributed by atoms with Crippen molar-refractivity contribution < 1.29 is 0 Å². The zero-order valence-corrected chi connectivity index (χ0v) is 12.8. The van der Waals surface area contributed by atoms with Gasteiger partial charge < -0.3 is 10.2 Å². The summed E-state index contributed by atoms with van der Waals surface area (Å²) in [5, 5.41) is 3.59. The number of hydrogen-bond acceptors (Lipinski definition) is 2. The maximum absolute atomic E-state index is 3.59. The van der Waals surface area contributed by atoms with Gasteiger partial charge in [0.1, 0.15) is 0 Å². The molecule has 0 saturated heterocycles. The van der Waals surface area contributed by atoms with Crippen molar-refractivity contribution in [2.24, 2.45) is 17.3 Å². The van der Waals surface area contributed by atoms with Crippen LogP contribution in [0.1, 0.15) is 52.9 Å². The largest absolute Gasteiger partial charge is 0.316 e. The molecule has 2 saturated carbocycles. The van der Waals surface area contributed by atoms with Crippen molar-refractivity contribution in [2.75, 3.05) is 26.7 Å². The van der Waals surface area contributed by atoms with E-state index in [9.17, 15) is 0 Å². The van der Waals surface area contributed by atoms with E-state index in [0.717, 1.165) is 11.8 Å². The molecule has 0 aromatic rings. The van der Waals surface area contributed by atoms with Gasteiger partial charge in [0, 0.05) is 19.1 Å². The highest BCUT2D eigenvalue weighted by Gasteiger charge is 2.41. The molecule has 2 heteroatoms. The summed E-state index contributed by atoms with van der Waals surface area (Å²) in [6, 6.07) is 0.702. The fourth-order valence-corrected chi connectivity index (χ4v) is 4.05. The molecule has 0 spiro atoms. The summed E-state index contributed by atoms with van der Waals surface area (Å²) in [5.41, 5.74) is 0.481. The van der Waals surface area contributed by atoms with Gasteiger partial charge in [0.25, 0.3) is 0 Å². The van der Waals surface area contributed by atoms with Gasteiger partial charge in [-0.2, -0.15) is 0 Å². The molecule has 0 aromatic heterocycles. The van der Waals surface area contributed by atoms with Gasteiger partial charge in [-0.3, -0.25) is 0 Å². The molecule has 0 aromatic carbocycles. The Morgan fingerprint density at radius 3 is 2.39 bits per heavy atom. The summed E-state index contributed by atoms with van der Waals surface area (Å²) in [5.74, 6) is 1.86. The molecular formula is C16H32N2. The number of nitrogens with zero attached hydrogens (tertiary/aromatic N) is 1. The SMILES string of the molecule is CCN(CC1CCC1)CC1CCC(C)(C)C1NC. The molecule has 0 radical (unpaired) electrons. The predicted octanol–water partition coefficient (Wildman–Crippen LogP) is 3.13. The Morgan fingerprint density at radius 2 is 1.89 bits per heavy atom. The second kappa shape index (κ2) is 5.92. The van der Waals surface area contributed by atoms with Crippen LogP contribution in [-0.4, -0.2) is 37.6 Å². The summed E-state index contributed by atoms with van der Waals surface area (Å²) >= 11 is 0. The van der Waals surface area contributed by atoms with Crippen LogP contribution in [0.2, 0.25) is 0 Å². The third kappa shape index (κ3) is 3.08. The fourth-order valence-electron chi connectivity index (χ4n) is 4.05. The van der Waals surface area contributed by atoms with Crippen LogP contribution >= 0.6 is 0 Å². The van der Waals surface area contributed by atoms with Gasteiger partial charge in [0.2, 0.25) is 0 Å². The van der Waals surface area contributed by atoms with Crippen molar-refractivity contribution in [3.8, 4) is 0 Å². The molecule has 0 aliphatic heterocycles. The second-order valence-electron chi connectivity index (χ2n) is 7.20. The van der Waals surface area contributed by atoms with Gasteiger partial charge in [0.15, 0.2) is 0 Å². The van der Waals surface area contributed by atoms with Gasteiger partial charge in [-0.15, -0.1) is 0 Å². The van der Waals surface area contributed by atoms with Crippen LogP contribution in [0.25, 0.3) is 0 Å². The predicted molar refractivity (Wildman–Crippen MR) is 78.8 cm³/mol. The van der Waals surface area contributed by atoms with E-state index in [4.69, 9.17) is 0 Å². The molecule has 2 rings (SSSR count). The monoisotopic (exact) mass is 252 g/mol. The van der Waals surface area contributed by atoms with E-state index in [1.165, 1.54) is 51.7 Å². The molecule has 0 amide bonds. The Hall–Kier alpha value is -0.0800. The molecule has 1 N–H and O–H groups in total. The lowest BCUT2D eigenvalue weighted by molar-refractivity contribution is 0.147. The summed E-state index contributed by atoms with van der Waals surface area (Å²) in [4.78, 5) is 2.71. The Morgan fingerprint density at radius 1 is 1.17 bits per heavy atom. The third-order valence-corrected chi connectivity index (χ3v) is 5.46. The minimum absolute atomic E-state index is 0.481. The molecule has 0 bridgehead atoms. The normalized spacial score (nSPS) is 31.8. The second-order valence-corrected chi connectivity index (χ2v) is 7.20. The molecule has 2 fully saturated rings. The average molecular weight is 252 g/mol. The van der Waals surface area contributed by atoms with E-state index in [0.29, 0.717) is 11.5 Å². The first-order chi connectivity index (χ1) is 8.56. The van der Waals surface area contributed by atoms with Crippen LogP contribution in [0, 0.1) is 17.3 Å². The van der Waals surface area contributed by atoms with Crippen LogP contribution in [0.3, 0.4) is 0 Å². The lowest BCUT2D eigenvalue weighted by Crippen LogP contribution is -2.45.